The number of hydrogen-bond donors (Lipinski definition) is 2. The largest absolute Gasteiger partial charge is 0.336 e. The normalized spacial score (nSPS) is 15.6. The minimum Gasteiger partial charge on any atom is -0.336 e. The van der Waals surface area contributed by atoms with Gasteiger partial charge in [-0.05, 0) is 28.1 Å². The lowest BCUT2D eigenvalue weighted by molar-refractivity contribution is 0.217. The predicted octanol–water partition coefficient (Wildman–Crippen LogP) is 1.63. The molecular weight excluding hydrogens is 290 g/mol. The highest BCUT2D eigenvalue weighted by atomic mass is 79.9. The Hall–Kier alpha value is -0.590. The lowest BCUT2D eigenvalue weighted by atomic mass is 10.4. The van der Waals surface area contributed by atoms with Gasteiger partial charge in [0.25, 0.3) is 0 Å². The van der Waals surface area contributed by atoms with Crippen LogP contribution in [0.4, 0.5) is 4.79 Å². The van der Waals surface area contributed by atoms with Crippen LogP contribution in [0, 0.1) is 0 Å². The number of urea groups is 1. The molecule has 4 nitrogen and oxygen atoms in total. The van der Waals surface area contributed by atoms with Crippen LogP contribution < -0.4 is 10.6 Å². The van der Waals surface area contributed by atoms with Crippen LogP contribution in [-0.2, 0) is 6.54 Å². The van der Waals surface area contributed by atoms with Gasteiger partial charge in [0.05, 0.1) is 3.79 Å². The molecule has 2 heterocycles. The Morgan fingerprint density at radius 3 is 3.06 bits per heavy atom. The molecule has 1 fully saturated rings. The van der Waals surface area contributed by atoms with Gasteiger partial charge in [-0.2, -0.15) is 0 Å². The zero-order chi connectivity index (χ0) is 11.4. The zero-order valence-electron chi connectivity index (χ0n) is 8.83. The van der Waals surface area contributed by atoms with E-state index >= 15 is 0 Å². The molecule has 16 heavy (non-hydrogen) atoms. The standard InChI is InChI=1S/C10H14BrN3OS/c11-9-2-1-8(16-9)7-12-3-5-14-6-4-13-10(14)15/h1-2,12H,3-7H2,(H,13,15). The van der Waals surface area contributed by atoms with E-state index in [0.29, 0.717) is 0 Å². The third-order valence-electron chi connectivity index (χ3n) is 2.43. The molecule has 1 aliphatic rings. The molecule has 88 valence electrons. The number of thiophene rings is 1. The number of carbonyl (C=O) groups is 1. The molecule has 0 saturated carbocycles. The summed E-state index contributed by atoms with van der Waals surface area (Å²) >= 11 is 5.16. The summed E-state index contributed by atoms with van der Waals surface area (Å²) in [5, 5.41) is 6.12. The number of halogens is 1. The molecule has 1 aromatic rings. The summed E-state index contributed by atoms with van der Waals surface area (Å²) < 4.78 is 1.16. The monoisotopic (exact) mass is 303 g/mol. The van der Waals surface area contributed by atoms with E-state index < -0.39 is 0 Å². The fourth-order valence-electron chi connectivity index (χ4n) is 1.60. The Balaban J connectivity index is 1.63. The Morgan fingerprint density at radius 1 is 1.56 bits per heavy atom. The highest BCUT2D eigenvalue weighted by Gasteiger charge is 2.17. The molecule has 0 spiro atoms. The summed E-state index contributed by atoms with van der Waals surface area (Å²) in [5.74, 6) is 0. The fourth-order valence-corrected chi connectivity index (χ4v) is 3.05. The van der Waals surface area contributed by atoms with Gasteiger partial charge in [-0.3, -0.25) is 0 Å². The predicted molar refractivity (Wildman–Crippen MR) is 68.7 cm³/mol. The van der Waals surface area contributed by atoms with Gasteiger partial charge < -0.3 is 15.5 Å². The van der Waals surface area contributed by atoms with Crippen molar-refractivity contribution in [2.75, 3.05) is 26.2 Å². The number of nitrogens with zero attached hydrogens (tertiary/aromatic N) is 1. The lowest BCUT2D eigenvalue weighted by Crippen LogP contribution is -2.34. The van der Waals surface area contributed by atoms with Gasteiger partial charge in [0.15, 0.2) is 0 Å². The Bertz CT molecular complexity index is 369. The highest BCUT2D eigenvalue weighted by molar-refractivity contribution is 9.11. The van der Waals surface area contributed by atoms with Crippen molar-refractivity contribution in [1.82, 2.24) is 15.5 Å². The number of carbonyl (C=O) groups excluding carboxylic acids is 1. The SMILES string of the molecule is O=C1NCCN1CCNCc1ccc(Br)s1. The van der Waals surface area contributed by atoms with Crippen molar-refractivity contribution >= 4 is 33.3 Å². The van der Waals surface area contributed by atoms with Crippen LogP contribution >= 0.6 is 27.3 Å². The van der Waals surface area contributed by atoms with Crippen LogP contribution in [0.5, 0.6) is 0 Å². The van der Waals surface area contributed by atoms with Crippen LogP contribution in [-0.4, -0.2) is 37.1 Å². The van der Waals surface area contributed by atoms with Crippen LogP contribution in [0.2, 0.25) is 0 Å². The second kappa shape index (κ2) is 5.65. The minimum absolute atomic E-state index is 0.0562. The van der Waals surface area contributed by atoms with Crippen molar-refractivity contribution in [2.45, 2.75) is 6.54 Å². The summed E-state index contributed by atoms with van der Waals surface area (Å²) in [6.45, 7) is 4.08. The van der Waals surface area contributed by atoms with Crippen molar-refractivity contribution in [3.05, 3.63) is 20.8 Å². The number of nitrogens with one attached hydrogen (secondary N) is 2. The fraction of sp³-hybridized carbons (Fsp3) is 0.500. The zero-order valence-corrected chi connectivity index (χ0v) is 11.2. The van der Waals surface area contributed by atoms with Crippen LogP contribution in [0.3, 0.4) is 0 Å². The third-order valence-corrected chi connectivity index (χ3v) is 4.06. The van der Waals surface area contributed by atoms with E-state index in [4.69, 9.17) is 0 Å². The average molecular weight is 304 g/mol. The smallest absolute Gasteiger partial charge is 0.317 e. The van der Waals surface area contributed by atoms with Gasteiger partial charge in [-0.25, -0.2) is 4.79 Å². The van der Waals surface area contributed by atoms with Gasteiger partial charge in [0, 0.05) is 37.6 Å². The topological polar surface area (TPSA) is 44.4 Å². The summed E-state index contributed by atoms with van der Waals surface area (Å²) in [6.07, 6.45) is 0. The molecule has 1 aliphatic heterocycles. The second-order valence-corrected chi connectivity index (χ2v) is 6.15. The number of amides is 2. The first-order chi connectivity index (χ1) is 7.75. The Labute approximate surface area is 107 Å². The number of rotatable bonds is 5. The molecule has 0 bridgehead atoms. The maximum absolute atomic E-state index is 11.2. The van der Waals surface area contributed by atoms with Gasteiger partial charge in [0.1, 0.15) is 0 Å². The molecule has 0 unspecified atom stereocenters. The summed E-state index contributed by atoms with van der Waals surface area (Å²) in [4.78, 5) is 14.4. The van der Waals surface area contributed by atoms with Gasteiger partial charge in [-0.1, -0.05) is 0 Å². The molecule has 0 aromatic carbocycles. The summed E-state index contributed by atoms with van der Waals surface area (Å²) in [6, 6.07) is 4.21. The van der Waals surface area contributed by atoms with E-state index in [1.54, 1.807) is 11.3 Å². The van der Waals surface area contributed by atoms with E-state index in [0.717, 1.165) is 36.5 Å². The summed E-state index contributed by atoms with van der Waals surface area (Å²) in [7, 11) is 0. The minimum atomic E-state index is 0.0562. The van der Waals surface area contributed by atoms with Crippen molar-refractivity contribution in [3.8, 4) is 0 Å². The van der Waals surface area contributed by atoms with Crippen molar-refractivity contribution in [1.29, 1.82) is 0 Å². The van der Waals surface area contributed by atoms with E-state index in [1.165, 1.54) is 4.88 Å². The number of hydrogen-bond acceptors (Lipinski definition) is 3. The van der Waals surface area contributed by atoms with Crippen LogP contribution in [0.15, 0.2) is 15.9 Å². The van der Waals surface area contributed by atoms with Crippen LogP contribution in [0.25, 0.3) is 0 Å². The molecule has 1 saturated heterocycles. The van der Waals surface area contributed by atoms with E-state index in [1.807, 2.05) is 4.90 Å². The molecule has 2 amide bonds. The third kappa shape index (κ3) is 3.20. The molecule has 1 aromatic heterocycles. The quantitative estimate of drug-likeness (QED) is 0.812. The first-order valence-corrected chi connectivity index (χ1v) is 6.84. The van der Waals surface area contributed by atoms with E-state index in [-0.39, 0.29) is 6.03 Å². The Kier molecular flexibility index (Phi) is 4.20. The van der Waals surface area contributed by atoms with Crippen molar-refractivity contribution in [3.63, 3.8) is 0 Å². The van der Waals surface area contributed by atoms with Crippen molar-refractivity contribution in [2.24, 2.45) is 0 Å². The lowest BCUT2D eigenvalue weighted by Gasteiger charge is -2.13. The molecule has 2 N–H and O–H groups in total. The molecule has 2 rings (SSSR count). The van der Waals surface area contributed by atoms with E-state index in [2.05, 4.69) is 38.7 Å². The average Bonchev–Trinajstić information content (AvgIpc) is 2.83. The first kappa shape index (κ1) is 11.9. The van der Waals surface area contributed by atoms with Crippen LogP contribution in [0.1, 0.15) is 4.88 Å². The second-order valence-electron chi connectivity index (χ2n) is 3.60. The molecule has 0 radical (unpaired) electrons. The summed E-state index contributed by atoms with van der Waals surface area (Å²) in [5.41, 5.74) is 0. The maximum Gasteiger partial charge on any atom is 0.317 e. The molecule has 0 aliphatic carbocycles. The van der Waals surface area contributed by atoms with Gasteiger partial charge >= 0.3 is 6.03 Å². The molecular formula is C10H14BrN3OS. The molecule has 6 heteroatoms. The van der Waals surface area contributed by atoms with Gasteiger partial charge in [-0.15, -0.1) is 11.3 Å². The maximum atomic E-state index is 11.2. The Morgan fingerprint density at radius 2 is 2.44 bits per heavy atom. The highest BCUT2D eigenvalue weighted by Crippen LogP contribution is 2.21. The first-order valence-electron chi connectivity index (χ1n) is 5.23. The van der Waals surface area contributed by atoms with Crippen molar-refractivity contribution < 1.29 is 4.79 Å². The van der Waals surface area contributed by atoms with E-state index in [9.17, 15) is 4.79 Å². The van der Waals surface area contributed by atoms with Gasteiger partial charge in [0.2, 0.25) is 0 Å². The molecule has 0 atom stereocenters.